The van der Waals surface area contributed by atoms with Gasteiger partial charge in [0.15, 0.2) is 0 Å². The van der Waals surface area contributed by atoms with E-state index in [0.29, 0.717) is 31.6 Å². The number of amides is 3. The standard InChI is InChI=1S/C25H40N4O3/c1-4-20(5-2)23(28-12-14-32-15-13-28)17-26-24(30)21-9-7-11-29(18-21)25(31)27-22-10-6-8-19(3)16-22/h6,8,10,16,20-21,23H,4-5,7,9,11-15,17-18H2,1-3H3,(H,26,30)(H,27,31). The van der Waals surface area contributed by atoms with Gasteiger partial charge in [-0.1, -0.05) is 38.8 Å². The Hall–Kier alpha value is -2.12. The lowest BCUT2D eigenvalue weighted by atomic mass is 9.91. The Morgan fingerprint density at radius 1 is 1.16 bits per heavy atom. The second kappa shape index (κ2) is 12.2. The van der Waals surface area contributed by atoms with Crippen LogP contribution in [0, 0.1) is 18.8 Å². The summed E-state index contributed by atoms with van der Waals surface area (Å²) in [5.74, 6) is 0.470. The Labute approximate surface area is 192 Å². The number of urea groups is 1. The fourth-order valence-corrected chi connectivity index (χ4v) is 4.99. The van der Waals surface area contributed by atoms with Crippen LogP contribution >= 0.6 is 0 Å². The van der Waals surface area contributed by atoms with Crippen LogP contribution < -0.4 is 10.6 Å². The summed E-state index contributed by atoms with van der Waals surface area (Å²) >= 11 is 0. The molecule has 1 aromatic carbocycles. The van der Waals surface area contributed by atoms with Gasteiger partial charge in [-0.05, 0) is 43.4 Å². The first kappa shape index (κ1) is 24.5. The Morgan fingerprint density at radius 2 is 1.91 bits per heavy atom. The molecule has 1 aromatic rings. The first-order valence-corrected chi connectivity index (χ1v) is 12.2. The first-order chi connectivity index (χ1) is 15.5. The second-order valence-electron chi connectivity index (χ2n) is 9.12. The summed E-state index contributed by atoms with van der Waals surface area (Å²) in [6.07, 6.45) is 3.88. The Morgan fingerprint density at radius 3 is 2.59 bits per heavy atom. The predicted molar refractivity (Wildman–Crippen MR) is 128 cm³/mol. The molecule has 2 aliphatic rings. The summed E-state index contributed by atoms with van der Waals surface area (Å²) < 4.78 is 5.53. The molecule has 0 bridgehead atoms. The van der Waals surface area contributed by atoms with E-state index < -0.39 is 0 Å². The smallest absolute Gasteiger partial charge is 0.321 e. The van der Waals surface area contributed by atoms with Crippen LogP contribution in [0.15, 0.2) is 24.3 Å². The molecule has 2 saturated heterocycles. The average Bonchev–Trinajstić information content (AvgIpc) is 2.82. The third-order valence-electron chi connectivity index (χ3n) is 6.94. The average molecular weight is 445 g/mol. The second-order valence-corrected chi connectivity index (χ2v) is 9.12. The van der Waals surface area contributed by atoms with Crippen LogP contribution in [0.2, 0.25) is 0 Å². The van der Waals surface area contributed by atoms with E-state index in [1.54, 1.807) is 4.90 Å². The number of carbonyl (C=O) groups excluding carboxylic acids is 2. The number of carbonyl (C=O) groups is 2. The summed E-state index contributed by atoms with van der Waals surface area (Å²) in [6, 6.07) is 7.99. The third-order valence-corrected chi connectivity index (χ3v) is 6.94. The van der Waals surface area contributed by atoms with Crippen molar-refractivity contribution in [3.8, 4) is 0 Å². The zero-order valence-corrected chi connectivity index (χ0v) is 19.9. The van der Waals surface area contributed by atoms with Crippen molar-refractivity contribution in [3.05, 3.63) is 29.8 Å². The van der Waals surface area contributed by atoms with E-state index in [-0.39, 0.29) is 17.9 Å². The van der Waals surface area contributed by atoms with Gasteiger partial charge >= 0.3 is 6.03 Å². The SMILES string of the molecule is CCC(CC)C(CNC(=O)C1CCCN(C(=O)Nc2cccc(C)c2)C1)N1CCOCC1. The lowest BCUT2D eigenvalue weighted by molar-refractivity contribution is -0.126. The molecular weight excluding hydrogens is 404 g/mol. The number of benzene rings is 1. The van der Waals surface area contributed by atoms with Crippen molar-refractivity contribution in [2.45, 2.75) is 52.5 Å². The minimum absolute atomic E-state index is 0.0715. The van der Waals surface area contributed by atoms with Gasteiger partial charge in [0.1, 0.15) is 0 Å². The number of likely N-dealkylation sites (tertiary alicyclic amines) is 1. The third kappa shape index (κ3) is 6.69. The van der Waals surface area contributed by atoms with Crippen molar-refractivity contribution in [1.29, 1.82) is 0 Å². The Balaban J connectivity index is 1.54. The largest absolute Gasteiger partial charge is 0.379 e. The highest BCUT2D eigenvalue weighted by Crippen LogP contribution is 2.21. The highest BCUT2D eigenvalue weighted by molar-refractivity contribution is 5.90. The fraction of sp³-hybridized carbons (Fsp3) is 0.680. The monoisotopic (exact) mass is 444 g/mol. The number of hydrogen-bond acceptors (Lipinski definition) is 4. The molecular formula is C25H40N4O3. The van der Waals surface area contributed by atoms with Crippen LogP contribution in [0.3, 0.4) is 0 Å². The highest BCUT2D eigenvalue weighted by atomic mass is 16.5. The van der Waals surface area contributed by atoms with Gasteiger partial charge in [0, 0.05) is 44.5 Å². The molecule has 32 heavy (non-hydrogen) atoms. The summed E-state index contributed by atoms with van der Waals surface area (Å²) in [5.41, 5.74) is 1.89. The van der Waals surface area contributed by atoms with Gasteiger partial charge < -0.3 is 20.3 Å². The molecule has 7 heteroatoms. The molecule has 0 spiro atoms. The van der Waals surface area contributed by atoms with Crippen molar-refractivity contribution in [1.82, 2.24) is 15.1 Å². The lowest BCUT2D eigenvalue weighted by Gasteiger charge is -2.39. The molecule has 2 N–H and O–H groups in total. The van der Waals surface area contributed by atoms with Crippen LogP contribution in [-0.4, -0.2) is 73.7 Å². The number of rotatable bonds is 8. The van der Waals surface area contributed by atoms with Gasteiger partial charge in [0.05, 0.1) is 19.1 Å². The van der Waals surface area contributed by atoms with Crippen molar-refractivity contribution in [3.63, 3.8) is 0 Å². The number of morpholine rings is 1. The maximum absolute atomic E-state index is 13.0. The molecule has 2 unspecified atom stereocenters. The number of piperidine rings is 1. The van der Waals surface area contributed by atoms with Gasteiger partial charge in [-0.25, -0.2) is 4.79 Å². The highest BCUT2D eigenvalue weighted by Gasteiger charge is 2.31. The molecule has 2 heterocycles. The lowest BCUT2D eigenvalue weighted by Crippen LogP contribution is -2.53. The predicted octanol–water partition coefficient (Wildman–Crippen LogP) is 3.49. The van der Waals surface area contributed by atoms with E-state index in [4.69, 9.17) is 4.74 Å². The van der Waals surface area contributed by atoms with Gasteiger partial charge in [-0.2, -0.15) is 0 Å². The van der Waals surface area contributed by atoms with E-state index in [0.717, 1.165) is 63.2 Å². The van der Waals surface area contributed by atoms with Crippen LogP contribution in [0.25, 0.3) is 0 Å². The van der Waals surface area contributed by atoms with Crippen molar-refractivity contribution < 1.29 is 14.3 Å². The molecule has 0 aliphatic carbocycles. The first-order valence-electron chi connectivity index (χ1n) is 12.2. The van der Waals surface area contributed by atoms with Gasteiger partial charge in [-0.3, -0.25) is 9.69 Å². The van der Waals surface area contributed by atoms with Gasteiger partial charge in [0.2, 0.25) is 5.91 Å². The molecule has 2 fully saturated rings. The number of nitrogens with zero attached hydrogens (tertiary/aromatic N) is 2. The minimum atomic E-state index is -0.154. The Bertz CT molecular complexity index is 746. The van der Waals surface area contributed by atoms with Crippen molar-refractivity contribution in [2.24, 2.45) is 11.8 Å². The number of aryl methyl sites for hydroxylation is 1. The molecule has 178 valence electrons. The van der Waals surface area contributed by atoms with E-state index in [1.807, 2.05) is 31.2 Å². The summed E-state index contributed by atoms with van der Waals surface area (Å²) in [4.78, 5) is 30.0. The Kier molecular flexibility index (Phi) is 9.36. The number of nitrogens with one attached hydrogen (secondary N) is 2. The number of ether oxygens (including phenoxy) is 1. The minimum Gasteiger partial charge on any atom is -0.379 e. The van der Waals surface area contributed by atoms with E-state index in [1.165, 1.54) is 0 Å². The van der Waals surface area contributed by atoms with Crippen LogP contribution in [0.5, 0.6) is 0 Å². The van der Waals surface area contributed by atoms with E-state index in [9.17, 15) is 9.59 Å². The quantitative estimate of drug-likeness (QED) is 0.644. The topological polar surface area (TPSA) is 73.9 Å². The molecule has 0 saturated carbocycles. The summed E-state index contributed by atoms with van der Waals surface area (Å²) in [7, 11) is 0. The molecule has 3 amide bonds. The van der Waals surface area contributed by atoms with Crippen LogP contribution in [0.4, 0.5) is 10.5 Å². The molecule has 2 atom stereocenters. The molecule has 0 radical (unpaired) electrons. The van der Waals surface area contributed by atoms with Crippen molar-refractivity contribution >= 4 is 17.6 Å². The maximum atomic E-state index is 13.0. The zero-order valence-electron chi connectivity index (χ0n) is 19.9. The van der Waals surface area contributed by atoms with E-state index >= 15 is 0 Å². The normalized spacial score (nSPS) is 20.8. The van der Waals surface area contributed by atoms with E-state index in [2.05, 4.69) is 29.4 Å². The van der Waals surface area contributed by atoms with Crippen LogP contribution in [0.1, 0.15) is 45.1 Å². The molecule has 7 nitrogen and oxygen atoms in total. The molecule has 3 rings (SSSR count). The number of hydrogen-bond donors (Lipinski definition) is 2. The van der Waals surface area contributed by atoms with Gasteiger partial charge in [-0.15, -0.1) is 0 Å². The van der Waals surface area contributed by atoms with Gasteiger partial charge in [0.25, 0.3) is 0 Å². The zero-order chi connectivity index (χ0) is 22.9. The summed E-state index contributed by atoms with van der Waals surface area (Å²) in [6.45, 7) is 11.7. The van der Waals surface area contributed by atoms with Crippen LogP contribution in [-0.2, 0) is 9.53 Å². The molecule has 0 aromatic heterocycles. The van der Waals surface area contributed by atoms with Crippen molar-refractivity contribution in [2.75, 3.05) is 51.3 Å². The maximum Gasteiger partial charge on any atom is 0.321 e. The number of anilines is 1. The summed E-state index contributed by atoms with van der Waals surface area (Å²) in [5, 5.41) is 6.21. The molecule has 2 aliphatic heterocycles. The fourth-order valence-electron chi connectivity index (χ4n) is 4.99.